The number of carbonyl (C=O) groups excluding carboxylic acids is 2. The third-order valence-electron chi connectivity index (χ3n) is 8.24. The van der Waals surface area contributed by atoms with Crippen molar-refractivity contribution in [2.24, 2.45) is 5.92 Å². The van der Waals surface area contributed by atoms with Gasteiger partial charge in [-0.25, -0.2) is 8.78 Å². The Morgan fingerprint density at radius 3 is 2.26 bits per heavy atom. The van der Waals surface area contributed by atoms with Crippen LogP contribution in [0.5, 0.6) is 5.75 Å². The number of amides is 1. The molecule has 1 aliphatic rings. The number of aromatic nitrogens is 1. The van der Waals surface area contributed by atoms with Gasteiger partial charge in [0.1, 0.15) is 17.4 Å². The second-order valence-corrected chi connectivity index (χ2v) is 11.6. The summed E-state index contributed by atoms with van der Waals surface area (Å²) in [6.07, 6.45) is 6.45. The van der Waals surface area contributed by atoms with E-state index in [1.807, 2.05) is 36.5 Å². The summed E-state index contributed by atoms with van der Waals surface area (Å²) in [5, 5.41) is 3.97. The van der Waals surface area contributed by atoms with Crippen LogP contribution in [-0.4, -0.2) is 29.7 Å². The zero-order valence-corrected chi connectivity index (χ0v) is 26.1. The maximum absolute atomic E-state index is 13.8. The Bertz CT molecular complexity index is 1850. The SMILES string of the molecule is CCOC(=O)CCCOc1ccccc1NC(=O)/C=C(/c1ccc2c(ccn2C(c2ccc(F)cc2)c2ccc(F)cc2)c1)C1CC1. The lowest BCUT2D eigenvalue weighted by Crippen LogP contribution is -2.12. The number of benzene rings is 4. The smallest absolute Gasteiger partial charge is 0.305 e. The summed E-state index contributed by atoms with van der Waals surface area (Å²) >= 11 is 0. The molecule has 0 aliphatic heterocycles. The van der Waals surface area contributed by atoms with Crippen LogP contribution in [0.25, 0.3) is 16.5 Å². The number of nitrogens with one attached hydrogen (secondary N) is 1. The van der Waals surface area contributed by atoms with E-state index in [-0.39, 0.29) is 36.0 Å². The van der Waals surface area contributed by atoms with Crippen LogP contribution in [0.3, 0.4) is 0 Å². The molecule has 1 aliphatic carbocycles. The monoisotopic (exact) mass is 634 g/mol. The molecule has 0 spiro atoms. The highest BCUT2D eigenvalue weighted by Crippen LogP contribution is 2.43. The van der Waals surface area contributed by atoms with Crippen molar-refractivity contribution in [1.82, 2.24) is 4.57 Å². The molecule has 6 nitrogen and oxygen atoms in total. The lowest BCUT2D eigenvalue weighted by molar-refractivity contribution is -0.143. The first-order valence-corrected chi connectivity index (χ1v) is 15.9. The molecular formula is C39H36F2N2O4. The van der Waals surface area contributed by atoms with Crippen LogP contribution in [0.2, 0.25) is 0 Å². The van der Waals surface area contributed by atoms with Gasteiger partial charge in [0.25, 0.3) is 0 Å². The number of carbonyl (C=O) groups is 2. The van der Waals surface area contributed by atoms with Crippen LogP contribution in [0, 0.1) is 17.6 Å². The highest BCUT2D eigenvalue weighted by Gasteiger charge is 2.28. The summed E-state index contributed by atoms with van der Waals surface area (Å²) in [6.45, 7) is 2.44. The van der Waals surface area contributed by atoms with E-state index in [4.69, 9.17) is 9.47 Å². The van der Waals surface area contributed by atoms with Crippen molar-refractivity contribution < 1.29 is 27.8 Å². The molecular weight excluding hydrogens is 598 g/mol. The summed E-state index contributed by atoms with van der Waals surface area (Å²) < 4.78 is 40.6. The number of hydrogen-bond acceptors (Lipinski definition) is 4. The van der Waals surface area contributed by atoms with Crippen molar-refractivity contribution in [1.29, 1.82) is 0 Å². The standard InChI is InChI=1S/C39H36F2N2O4/c1-2-46-38(45)8-5-23-47-36-7-4-3-6-34(36)42-37(44)25-33(26-9-10-26)29-15-20-35-30(24-29)21-22-43(35)39(27-11-16-31(40)17-12-27)28-13-18-32(41)19-14-28/h3-4,6-7,11-22,24-26,39H,2,5,8-10,23H2,1H3,(H,42,44)/b33-25+. The van der Waals surface area contributed by atoms with Crippen molar-refractivity contribution in [3.8, 4) is 5.75 Å². The molecule has 1 fully saturated rings. The molecule has 8 heteroatoms. The molecule has 5 aromatic rings. The van der Waals surface area contributed by atoms with Gasteiger partial charge in [0.15, 0.2) is 0 Å². The molecule has 47 heavy (non-hydrogen) atoms. The highest BCUT2D eigenvalue weighted by atomic mass is 19.1. The number of rotatable bonds is 13. The third kappa shape index (κ3) is 7.77. The summed E-state index contributed by atoms with van der Waals surface area (Å²) in [5.74, 6) is -0.324. The van der Waals surface area contributed by atoms with Crippen LogP contribution in [0.4, 0.5) is 14.5 Å². The van der Waals surface area contributed by atoms with Crippen LogP contribution < -0.4 is 10.1 Å². The van der Waals surface area contributed by atoms with Gasteiger partial charge >= 0.3 is 5.97 Å². The predicted octanol–water partition coefficient (Wildman–Crippen LogP) is 8.71. The minimum Gasteiger partial charge on any atom is -0.491 e. The summed E-state index contributed by atoms with van der Waals surface area (Å²) in [6, 6.07) is 27.9. The quantitative estimate of drug-likeness (QED) is 0.0799. The largest absolute Gasteiger partial charge is 0.491 e. The highest BCUT2D eigenvalue weighted by molar-refractivity contribution is 6.05. The number of halogens is 2. The lowest BCUT2D eigenvalue weighted by atomic mass is 9.97. The molecule has 1 N–H and O–H groups in total. The summed E-state index contributed by atoms with van der Waals surface area (Å²) in [5.41, 5.74) is 5.20. The number of hydrogen-bond donors (Lipinski definition) is 1. The molecule has 0 saturated heterocycles. The van der Waals surface area contributed by atoms with Gasteiger partial charge in [0.05, 0.1) is 24.9 Å². The van der Waals surface area contributed by atoms with E-state index < -0.39 is 0 Å². The molecule has 1 saturated carbocycles. The van der Waals surface area contributed by atoms with Crippen molar-refractivity contribution in [3.63, 3.8) is 0 Å². The average Bonchev–Trinajstić information content (AvgIpc) is 3.84. The molecule has 0 unspecified atom stereocenters. The van der Waals surface area contributed by atoms with E-state index in [1.54, 1.807) is 49.4 Å². The van der Waals surface area contributed by atoms with Crippen LogP contribution in [0.1, 0.15) is 55.3 Å². The fourth-order valence-corrected chi connectivity index (χ4v) is 5.84. The van der Waals surface area contributed by atoms with E-state index >= 15 is 0 Å². The fourth-order valence-electron chi connectivity index (χ4n) is 5.84. The zero-order valence-electron chi connectivity index (χ0n) is 26.1. The summed E-state index contributed by atoms with van der Waals surface area (Å²) in [7, 11) is 0. The number of nitrogens with zero attached hydrogens (tertiary/aromatic N) is 1. The average molecular weight is 635 g/mol. The van der Waals surface area contributed by atoms with Gasteiger partial charge in [-0.3, -0.25) is 9.59 Å². The third-order valence-corrected chi connectivity index (χ3v) is 8.24. The molecule has 6 rings (SSSR count). The molecule has 4 aromatic carbocycles. The number of ether oxygens (including phenoxy) is 2. The number of anilines is 1. The van der Waals surface area contributed by atoms with Gasteiger partial charge in [-0.1, -0.05) is 42.5 Å². The van der Waals surface area contributed by atoms with Gasteiger partial charge < -0.3 is 19.4 Å². The Morgan fingerprint density at radius 2 is 1.60 bits per heavy atom. The Morgan fingerprint density at radius 1 is 0.915 bits per heavy atom. The number of esters is 1. The number of para-hydroxylation sites is 2. The van der Waals surface area contributed by atoms with Crippen molar-refractivity contribution in [2.45, 2.75) is 38.6 Å². The van der Waals surface area contributed by atoms with E-state index in [1.165, 1.54) is 24.3 Å². The van der Waals surface area contributed by atoms with Crippen LogP contribution >= 0.6 is 0 Å². The topological polar surface area (TPSA) is 69.6 Å². The van der Waals surface area contributed by atoms with Crippen molar-refractivity contribution in [3.05, 3.63) is 138 Å². The van der Waals surface area contributed by atoms with E-state index in [2.05, 4.69) is 16.0 Å². The van der Waals surface area contributed by atoms with Gasteiger partial charge in [0, 0.05) is 29.6 Å². The molecule has 0 bridgehead atoms. The van der Waals surface area contributed by atoms with E-state index in [9.17, 15) is 18.4 Å². The van der Waals surface area contributed by atoms with Gasteiger partial charge in [-0.15, -0.1) is 0 Å². The molecule has 240 valence electrons. The predicted molar refractivity (Wildman–Crippen MR) is 179 cm³/mol. The fraction of sp³-hybridized carbons (Fsp3) is 0.231. The molecule has 1 heterocycles. The molecule has 1 aromatic heterocycles. The second kappa shape index (κ2) is 14.5. The zero-order chi connectivity index (χ0) is 32.8. The maximum Gasteiger partial charge on any atom is 0.305 e. The molecule has 0 atom stereocenters. The van der Waals surface area contributed by atoms with Crippen LogP contribution in [0.15, 0.2) is 109 Å². The Hall–Kier alpha value is -5.24. The molecule has 0 radical (unpaired) electrons. The normalized spacial score (nSPS) is 13.1. The van der Waals surface area contributed by atoms with Crippen molar-refractivity contribution >= 4 is 34.0 Å². The Labute approximate surface area is 272 Å². The number of fused-ring (bicyclic) bond motifs is 1. The Kier molecular flexibility index (Phi) is 9.76. The minimum atomic E-state index is -0.320. The number of allylic oxidation sites excluding steroid dienone is 1. The second-order valence-electron chi connectivity index (χ2n) is 11.6. The van der Waals surface area contributed by atoms with Crippen LogP contribution in [-0.2, 0) is 14.3 Å². The Balaban J connectivity index is 1.23. The van der Waals surface area contributed by atoms with E-state index in [0.29, 0.717) is 37.0 Å². The maximum atomic E-state index is 13.8. The first-order valence-electron chi connectivity index (χ1n) is 15.9. The minimum absolute atomic E-state index is 0.250. The van der Waals surface area contributed by atoms with Crippen molar-refractivity contribution in [2.75, 3.05) is 18.5 Å². The lowest BCUT2D eigenvalue weighted by Gasteiger charge is -2.22. The van der Waals surface area contributed by atoms with E-state index in [0.717, 1.165) is 46.0 Å². The first-order chi connectivity index (χ1) is 22.9. The van der Waals surface area contributed by atoms with Gasteiger partial charge in [0.2, 0.25) is 5.91 Å². The van der Waals surface area contributed by atoms with Gasteiger partial charge in [-0.2, -0.15) is 0 Å². The first kappa shape index (κ1) is 31.7. The van der Waals surface area contributed by atoms with Gasteiger partial charge in [-0.05, 0) is 109 Å². The molecule has 1 amide bonds. The summed E-state index contributed by atoms with van der Waals surface area (Å²) in [4.78, 5) is 25.0.